The van der Waals surface area contributed by atoms with Crippen LogP contribution < -0.4 is 20.3 Å². The molecule has 0 aromatic heterocycles. The highest BCUT2D eigenvalue weighted by Gasteiger charge is 2.06. The number of nitrogens with one attached hydrogen (secondary N) is 2. The summed E-state index contributed by atoms with van der Waals surface area (Å²) in [5.74, 6) is 0.528. The Labute approximate surface area is 175 Å². The summed E-state index contributed by atoms with van der Waals surface area (Å²) in [7, 11) is 1.59. The second-order valence-electron chi connectivity index (χ2n) is 6.35. The molecule has 3 aromatic carbocycles. The average Bonchev–Trinajstić information content (AvgIpc) is 2.81. The van der Waals surface area contributed by atoms with E-state index < -0.39 is 11.8 Å². The minimum Gasteiger partial charge on any atom is -0.497 e. The molecular formula is C24H22N2O4. The molecule has 0 unspecified atom stereocenters. The number of rotatable bonds is 7. The van der Waals surface area contributed by atoms with Gasteiger partial charge in [-0.2, -0.15) is 0 Å². The number of methoxy groups -OCH3 is 1. The smallest absolute Gasteiger partial charge is 0.269 e. The molecule has 0 aliphatic heterocycles. The summed E-state index contributed by atoms with van der Waals surface area (Å²) in [6.45, 7) is 0.447. The third-order valence-corrected chi connectivity index (χ3v) is 4.21. The van der Waals surface area contributed by atoms with Gasteiger partial charge in [0.25, 0.3) is 11.8 Å². The largest absolute Gasteiger partial charge is 0.497 e. The van der Waals surface area contributed by atoms with Crippen molar-refractivity contribution in [1.82, 2.24) is 10.9 Å². The number of hydrazine groups is 1. The van der Waals surface area contributed by atoms with Crippen LogP contribution >= 0.6 is 0 Å². The second kappa shape index (κ2) is 10.5. The molecule has 0 atom stereocenters. The van der Waals surface area contributed by atoms with Crippen LogP contribution in [0.2, 0.25) is 0 Å². The van der Waals surface area contributed by atoms with Gasteiger partial charge < -0.3 is 9.47 Å². The van der Waals surface area contributed by atoms with Crippen LogP contribution in [-0.4, -0.2) is 18.9 Å². The van der Waals surface area contributed by atoms with E-state index in [4.69, 9.17) is 9.47 Å². The van der Waals surface area contributed by atoms with Crippen LogP contribution in [0.25, 0.3) is 6.08 Å². The zero-order valence-corrected chi connectivity index (χ0v) is 16.5. The van der Waals surface area contributed by atoms with Crippen molar-refractivity contribution in [2.45, 2.75) is 6.61 Å². The number of ether oxygens (including phenoxy) is 2. The first-order valence-corrected chi connectivity index (χ1v) is 9.33. The van der Waals surface area contributed by atoms with Gasteiger partial charge in [-0.15, -0.1) is 0 Å². The van der Waals surface area contributed by atoms with Crippen LogP contribution in [0.5, 0.6) is 11.5 Å². The van der Waals surface area contributed by atoms with Gasteiger partial charge in [0, 0.05) is 11.6 Å². The molecule has 6 nitrogen and oxygen atoms in total. The SMILES string of the molecule is COc1ccc(C=CC(=O)NNC(=O)c2ccc(OCc3ccccc3)cc2)cc1. The quantitative estimate of drug-likeness (QED) is 0.466. The van der Waals surface area contributed by atoms with Gasteiger partial charge in [0.15, 0.2) is 0 Å². The summed E-state index contributed by atoms with van der Waals surface area (Å²) in [6.07, 6.45) is 2.97. The maximum Gasteiger partial charge on any atom is 0.269 e. The van der Waals surface area contributed by atoms with Gasteiger partial charge in [-0.1, -0.05) is 42.5 Å². The zero-order chi connectivity index (χ0) is 21.2. The van der Waals surface area contributed by atoms with Gasteiger partial charge in [0.05, 0.1) is 7.11 Å². The lowest BCUT2D eigenvalue weighted by Crippen LogP contribution is -2.40. The zero-order valence-electron chi connectivity index (χ0n) is 16.5. The van der Waals surface area contributed by atoms with Crippen LogP contribution in [0.3, 0.4) is 0 Å². The van der Waals surface area contributed by atoms with Crippen molar-refractivity contribution >= 4 is 17.9 Å². The van der Waals surface area contributed by atoms with Crippen molar-refractivity contribution in [1.29, 1.82) is 0 Å². The van der Waals surface area contributed by atoms with Crippen molar-refractivity contribution in [3.63, 3.8) is 0 Å². The molecule has 0 aliphatic carbocycles. The van der Waals surface area contributed by atoms with Gasteiger partial charge in [0.2, 0.25) is 0 Å². The van der Waals surface area contributed by atoms with E-state index in [1.807, 2.05) is 42.5 Å². The van der Waals surface area contributed by atoms with Gasteiger partial charge >= 0.3 is 0 Å². The lowest BCUT2D eigenvalue weighted by Gasteiger charge is -2.08. The predicted octanol–water partition coefficient (Wildman–Crippen LogP) is 3.75. The Morgan fingerprint density at radius 3 is 2.17 bits per heavy atom. The third-order valence-electron chi connectivity index (χ3n) is 4.21. The standard InChI is InChI=1S/C24H22N2O4/c1-29-21-12-7-18(8-13-21)9-16-23(27)25-26-24(28)20-10-14-22(15-11-20)30-17-19-5-3-2-4-6-19/h2-16H,17H2,1H3,(H,25,27)(H,26,28). The van der Waals surface area contributed by atoms with Crippen LogP contribution in [0.15, 0.2) is 84.9 Å². The number of amides is 2. The molecule has 0 saturated heterocycles. The summed E-state index contributed by atoms with van der Waals surface area (Å²) < 4.78 is 10.8. The molecule has 152 valence electrons. The Hall–Kier alpha value is -4.06. The van der Waals surface area contributed by atoms with Gasteiger partial charge in [0.1, 0.15) is 18.1 Å². The number of benzene rings is 3. The minimum absolute atomic E-state index is 0.404. The monoisotopic (exact) mass is 402 g/mol. The molecule has 0 radical (unpaired) electrons. The van der Waals surface area contributed by atoms with E-state index in [0.29, 0.717) is 17.9 Å². The van der Waals surface area contributed by atoms with Gasteiger partial charge in [-0.3, -0.25) is 20.4 Å². The molecule has 0 saturated carbocycles. The lowest BCUT2D eigenvalue weighted by molar-refractivity contribution is -0.117. The van der Waals surface area contributed by atoms with Crippen molar-refractivity contribution < 1.29 is 19.1 Å². The highest BCUT2D eigenvalue weighted by atomic mass is 16.5. The summed E-state index contributed by atoms with van der Waals surface area (Å²) in [5, 5.41) is 0. The van der Waals surface area contributed by atoms with E-state index in [1.54, 1.807) is 49.6 Å². The first-order valence-electron chi connectivity index (χ1n) is 9.33. The normalized spacial score (nSPS) is 10.4. The summed E-state index contributed by atoms with van der Waals surface area (Å²) in [5.41, 5.74) is 7.03. The predicted molar refractivity (Wildman–Crippen MR) is 115 cm³/mol. The second-order valence-corrected chi connectivity index (χ2v) is 6.35. The van der Waals surface area contributed by atoms with Crippen LogP contribution in [-0.2, 0) is 11.4 Å². The van der Waals surface area contributed by atoms with Crippen molar-refractivity contribution in [2.75, 3.05) is 7.11 Å². The summed E-state index contributed by atoms with van der Waals surface area (Å²) >= 11 is 0. The third kappa shape index (κ3) is 6.24. The molecule has 2 amide bonds. The van der Waals surface area contributed by atoms with Crippen LogP contribution in [0.1, 0.15) is 21.5 Å². The molecule has 6 heteroatoms. The summed E-state index contributed by atoms with van der Waals surface area (Å²) in [6, 6.07) is 23.7. The van der Waals surface area contributed by atoms with Crippen molar-refractivity contribution in [3.05, 3.63) is 102 Å². The highest BCUT2D eigenvalue weighted by Crippen LogP contribution is 2.14. The first kappa shape index (κ1) is 20.7. The van der Waals surface area contributed by atoms with E-state index in [0.717, 1.165) is 16.9 Å². The number of hydrogen-bond acceptors (Lipinski definition) is 4. The van der Waals surface area contributed by atoms with Crippen molar-refractivity contribution in [2.24, 2.45) is 0 Å². The van der Waals surface area contributed by atoms with Gasteiger partial charge in [-0.25, -0.2) is 0 Å². The van der Waals surface area contributed by atoms with E-state index in [1.165, 1.54) is 6.08 Å². The molecule has 0 heterocycles. The molecule has 0 spiro atoms. The minimum atomic E-state index is -0.443. The van der Waals surface area contributed by atoms with E-state index >= 15 is 0 Å². The van der Waals surface area contributed by atoms with Crippen LogP contribution in [0, 0.1) is 0 Å². The van der Waals surface area contributed by atoms with E-state index in [-0.39, 0.29) is 0 Å². The van der Waals surface area contributed by atoms with E-state index in [2.05, 4.69) is 10.9 Å². The van der Waals surface area contributed by atoms with E-state index in [9.17, 15) is 9.59 Å². The number of carbonyl (C=O) groups excluding carboxylic acids is 2. The van der Waals surface area contributed by atoms with Crippen molar-refractivity contribution in [3.8, 4) is 11.5 Å². The Morgan fingerprint density at radius 2 is 1.50 bits per heavy atom. The maximum atomic E-state index is 12.2. The molecule has 30 heavy (non-hydrogen) atoms. The highest BCUT2D eigenvalue weighted by molar-refractivity contribution is 5.97. The molecule has 3 aromatic rings. The lowest BCUT2D eigenvalue weighted by atomic mass is 10.2. The molecule has 0 aliphatic rings. The molecular weight excluding hydrogens is 380 g/mol. The Bertz CT molecular complexity index is 998. The molecule has 0 fully saturated rings. The molecule has 3 rings (SSSR count). The first-order chi connectivity index (χ1) is 14.6. The van der Waals surface area contributed by atoms with Crippen LogP contribution in [0.4, 0.5) is 0 Å². The molecule has 0 bridgehead atoms. The Balaban J connectivity index is 1.45. The fourth-order valence-corrected chi connectivity index (χ4v) is 2.56. The van der Waals surface area contributed by atoms with Gasteiger partial charge in [-0.05, 0) is 53.6 Å². The number of hydrogen-bond donors (Lipinski definition) is 2. The fourth-order valence-electron chi connectivity index (χ4n) is 2.56. The Morgan fingerprint density at radius 1 is 0.833 bits per heavy atom. The fraction of sp³-hybridized carbons (Fsp3) is 0.0833. The molecule has 2 N–H and O–H groups in total. The summed E-state index contributed by atoms with van der Waals surface area (Å²) in [4.78, 5) is 24.1. The maximum absolute atomic E-state index is 12.2. The average molecular weight is 402 g/mol. The Kier molecular flexibility index (Phi) is 7.22. The number of carbonyl (C=O) groups is 2. The topological polar surface area (TPSA) is 76.7 Å².